The first-order valence-corrected chi connectivity index (χ1v) is 0.565. The Balaban J connectivity index is 0. The average molecular weight is 258 g/mol. The Morgan fingerprint density at radius 2 is 1.80 bits per heavy atom. The zero-order valence-corrected chi connectivity index (χ0v) is 4.30. The number of hydrogen-bond acceptors (Lipinski definition) is 2. The van der Waals surface area contributed by atoms with Gasteiger partial charge in [0.1, 0.15) is 0 Å². The minimum Gasteiger partial charge on any atom is -0.328 e. The van der Waals surface area contributed by atoms with Crippen molar-refractivity contribution >= 4 is 0 Å². The van der Waals surface area contributed by atoms with E-state index in [1.807, 2.05) is 0 Å². The average Bonchev–Trinajstić information content (AvgIpc) is 0.811. The van der Waals surface area contributed by atoms with Crippen molar-refractivity contribution in [3.63, 3.8) is 0 Å². The molecule has 0 unspecified atom stereocenters. The second kappa shape index (κ2) is 3.89. The van der Waals surface area contributed by atoms with Crippen molar-refractivity contribution in [3.8, 4) is 0 Å². The van der Waals surface area contributed by atoms with Gasteiger partial charge in [0, 0.05) is 21.1 Å². The van der Waals surface area contributed by atoms with E-state index >= 15 is 0 Å². The molecule has 0 aliphatic heterocycles. The van der Waals surface area contributed by atoms with Gasteiger partial charge >= 0.3 is 0 Å². The topological polar surface area (TPSA) is 63.4 Å². The standard InChI is InChI=1S/HNO3.Pt/c2-1(3)4;/h(H,2,3,4);. The van der Waals surface area contributed by atoms with E-state index in [4.69, 9.17) is 15.3 Å². The quantitative estimate of drug-likeness (QED) is 0.477. The largest absolute Gasteiger partial charge is 0.328 e. The van der Waals surface area contributed by atoms with Crippen molar-refractivity contribution < 1.29 is 31.4 Å². The van der Waals surface area contributed by atoms with Crippen LogP contribution in [0, 0.1) is 10.1 Å². The van der Waals surface area contributed by atoms with Crippen LogP contribution in [0.2, 0.25) is 0 Å². The second-order valence-electron chi connectivity index (χ2n) is 0.238. The summed E-state index contributed by atoms with van der Waals surface area (Å²) < 4.78 is 0. The summed E-state index contributed by atoms with van der Waals surface area (Å²) >= 11 is 0. The Bertz CT molecular complexity index is 29.9. The van der Waals surface area contributed by atoms with Gasteiger partial charge in [-0.1, -0.05) is 0 Å². The molecule has 0 heterocycles. The molecule has 0 rings (SSSR count). The first-order chi connectivity index (χ1) is 1.73. The molecule has 0 aliphatic rings. The van der Waals surface area contributed by atoms with Crippen LogP contribution in [0.4, 0.5) is 0 Å². The summed E-state index contributed by atoms with van der Waals surface area (Å²) in [6.07, 6.45) is 0. The van der Waals surface area contributed by atoms with Crippen molar-refractivity contribution in [2.24, 2.45) is 0 Å². The van der Waals surface area contributed by atoms with E-state index in [-0.39, 0.29) is 21.1 Å². The predicted molar refractivity (Wildman–Crippen MR) is 8.78 cm³/mol. The van der Waals surface area contributed by atoms with Gasteiger partial charge in [-0.15, -0.1) is 10.1 Å². The number of hydrogen-bond donors (Lipinski definition) is 1. The Morgan fingerprint density at radius 3 is 1.80 bits per heavy atom. The molecule has 0 radical (unpaired) electrons. The molecule has 0 aromatic heterocycles. The van der Waals surface area contributed by atoms with Crippen LogP contribution in [0.15, 0.2) is 0 Å². The Hall–Kier alpha value is -0.112. The molecule has 0 atom stereocenters. The summed E-state index contributed by atoms with van der Waals surface area (Å²) in [5.41, 5.74) is 0. The Kier molecular flexibility index (Phi) is 6.89. The van der Waals surface area contributed by atoms with Crippen molar-refractivity contribution in [2.75, 3.05) is 0 Å². The molecule has 0 spiro atoms. The van der Waals surface area contributed by atoms with Crippen LogP contribution in [-0.4, -0.2) is 10.3 Å². The molecule has 0 fully saturated rings. The van der Waals surface area contributed by atoms with Crippen LogP contribution in [0.5, 0.6) is 0 Å². The molecule has 0 aromatic rings. The van der Waals surface area contributed by atoms with E-state index in [1.54, 1.807) is 0 Å². The van der Waals surface area contributed by atoms with Crippen LogP contribution in [0.1, 0.15) is 0 Å². The first-order valence-electron chi connectivity index (χ1n) is 0.565. The summed E-state index contributed by atoms with van der Waals surface area (Å²) in [6, 6.07) is 0. The molecule has 4 nitrogen and oxygen atoms in total. The van der Waals surface area contributed by atoms with Crippen molar-refractivity contribution in [2.45, 2.75) is 0 Å². The fraction of sp³-hybridized carbons (Fsp3) is 0. The van der Waals surface area contributed by atoms with Crippen LogP contribution < -0.4 is 0 Å². The monoisotopic (exact) mass is 258 g/mol. The molecular weight excluding hydrogens is 257 g/mol. The molecule has 5 heteroatoms. The maximum Gasteiger partial charge on any atom is 0.291 e. The molecule has 1 N–H and O–H groups in total. The molecule has 0 saturated heterocycles. The zero-order valence-electron chi connectivity index (χ0n) is 2.03. The Morgan fingerprint density at radius 1 is 1.80 bits per heavy atom. The van der Waals surface area contributed by atoms with Gasteiger partial charge < -0.3 is 5.21 Å². The molecular formula is HNO3Pt. The normalized spacial score (nSPS) is 4.80. The van der Waals surface area contributed by atoms with Crippen molar-refractivity contribution in [1.82, 2.24) is 0 Å². The van der Waals surface area contributed by atoms with E-state index in [2.05, 4.69) is 0 Å². The van der Waals surface area contributed by atoms with Crippen molar-refractivity contribution in [3.05, 3.63) is 10.1 Å². The summed E-state index contributed by atoms with van der Waals surface area (Å²) in [5, 5.41) is 13.6. The smallest absolute Gasteiger partial charge is 0.291 e. The van der Waals surface area contributed by atoms with E-state index in [1.165, 1.54) is 0 Å². The van der Waals surface area contributed by atoms with Gasteiger partial charge in [-0.25, -0.2) is 0 Å². The summed E-state index contributed by atoms with van der Waals surface area (Å²) in [4.78, 5) is 8.36. The number of rotatable bonds is 0. The zero-order chi connectivity index (χ0) is 3.58. The minimum absolute atomic E-state index is 0. The van der Waals surface area contributed by atoms with Crippen LogP contribution >= 0.6 is 0 Å². The third-order valence-corrected chi connectivity index (χ3v) is 0. The fourth-order valence-electron chi connectivity index (χ4n) is 0. The SMILES string of the molecule is O=[N+]([O-])O.[Pt]. The van der Waals surface area contributed by atoms with Gasteiger partial charge in [0.2, 0.25) is 0 Å². The summed E-state index contributed by atoms with van der Waals surface area (Å²) in [6.45, 7) is 0. The van der Waals surface area contributed by atoms with E-state index in [0.717, 1.165) is 0 Å². The molecule has 0 amide bonds. The second-order valence-corrected chi connectivity index (χ2v) is 0.238. The fourth-order valence-corrected chi connectivity index (χ4v) is 0. The van der Waals surface area contributed by atoms with E-state index in [0.29, 0.717) is 0 Å². The third kappa shape index (κ3) is 1110. The molecule has 0 aromatic carbocycles. The van der Waals surface area contributed by atoms with E-state index < -0.39 is 5.09 Å². The first kappa shape index (κ1) is 8.86. The molecule has 0 aliphatic carbocycles. The van der Waals surface area contributed by atoms with Gasteiger partial charge in [0.05, 0.1) is 0 Å². The van der Waals surface area contributed by atoms with Crippen LogP contribution in [0.3, 0.4) is 0 Å². The molecule has 34 valence electrons. The van der Waals surface area contributed by atoms with Gasteiger partial charge in [-0.2, -0.15) is 0 Å². The maximum absolute atomic E-state index is 8.36. The van der Waals surface area contributed by atoms with Crippen LogP contribution in [-0.2, 0) is 21.1 Å². The van der Waals surface area contributed by atoms with Gasteiger partial charge in [0.15, 0.2) is 0 Å². The predicted octanol–water partition coefficient (Wildman–Crippen LogP) is -0.350. The van der Waals surface area contributed by atoms with Gasteiger partial charge in [-0.3, -0.25) is 0 Å². The maximum atomic E-state index is 8.36. The third-order valence-electron chi connectivity index (χ3n) is 0. The van der Waals surface area contributed by atoms with E-state index in [9.17, 15) is 0 Å². The number of nitrogens with zero attached hydrogens (tertiary/aromatic N) is 1. The Labute approximate surface area is 42.2 Å². The minimum atomic E-state index is -1.50. The van der Waals surface area contributed by atoms with Crippen LogP contribution in [0.25, 0.3) is 0 Å². The van der Waals surface area contributed by atoms with Gasteiger partial charge in [0.25, 0.3) is 5.09 Å². The molecule has 0 saturated carbocycles. The van der Waals surface area contributed by atoms with Crippen molar-refractivity contribution in [1.29, 1.82) is 0 Å². The summed E-state index contributed by atoms with van der Waals surface area (Å²) in [7, 11) is 0. The molecule has 0 bridgehead atoms. The molecule has 5 heavy (non-hydrogen) atoms. The van der Waals surface area contributed by atoms with Gasteiger partial charge in [-0.05, 0) is 0 Å². The summed E-state index contributed by atoms with van der Waals surface area (Å²) in [5.74, 6) is 0.